The zero-order chi connectivity index (χ0) is 19.9. The zero-order valence-electron chi connectivity index (χ0n) is 16.9. The molecule has 0 radical (unpaired) electrons. The van der Waals surface area contributed by atoms with Crippen LogP contribution in [-0.2, 0) is 5.41 Å². The van der Waals surface area contributed by atoms with Crippen LogP contribution in [0.1, 0.15) is 56.9 Å². The minimum Gasteiger partial charge on any atom is -0.279 e. The van der Waals surface area contributed by atoms with Crippen molar-refractivity contribution >= 4 is 5.69 Å². The van der Waals surface area contributed by atoms with Crippen molar-refractivity contribution in [2.75, 3.05) is 13.1 Å². The third-order valence-corrected chi connectivity index (χ3v) is 4.18. The van der Waals surface area contributed by atoms with Gasteiger partial charge in [-0.25, -0.2) is 0 Å². The van der Waals surface area contributed by atoms with Crippen molar-refractivity contribution in [3.8, 4) is 24.2 Å². The van der Waals surface area contributed by atoms with Crippen LogP contribution in [-0.4, -0.2) is 18.1 Å². The smallest absolute Gasteiger partial charge is 0.0886 e. The molecule has 0 bridgehead atoms. The van der Waals surface area contributed by atoms with Gasteiger partial charge in [0.2, 0.25) is 0 Å². The summed E-state index contributed by atoms with van der Waals surface area (Å²) >= 11 is 0. The van der Waals surface area contributed by atoms with Crippen LogP contribution in [0.25, 0.3) is 0 Å². The fraction of sp³-hybridized carbons (Fsp3) is 0.333. The Morgan fingerprint density at radius 1 is 0.926 bits per heavy atom. The summed E-state index contributed by atoms with van der Waals surface area (Å²) in [7, 11) is 0. The van der Waals surface area contributed by atoms with Crippen LogP contribution in [0.4, 0.5) is 5.69 Å². The van der Waals surface area contributed by atoms with Crippen LogP contribution in [0.5, 0.6) is 0 Å². The predicted octanol–water partition coefficient (Wildman–Crippen LogP) is 5.71. The first-order valence-electron chi connectivity index (χ1n) is 9.26. The maximum absolute atomic E-state index is 5.61. The second-order valence-corrected chi connectivity index (χ2v) is 7.32. The topological polar surface area (TPSA) is 28.0 Å². The zero-order valence-corrected chi connectivity index (χ0v) is 16.9. The van der Waals surface area contributed by atoms with Gasteiger partial charge in [0.15, 0.2) is 0 Å². The van der Waals surface area contributed by atoms with Crippen molar-refractivity contribution < 1.29 is 0 Å². The largest absolute Gasteiger partial charge is 0.279 e. The summed E-state index contributed by atoms with van der Waals surface area (Å²) in [6, 6.07) is 13.9. The van der Waals surface area contributed by atoms with E-state index in [-0.39, 0.29) is 5.41 Å². The van der Waals surface area contributed by atoms with Gasteiger partial charge in [0.25, 0.3) is 0 Å². The number of terminal acetylenes is 1. The van der Waals surface area contributed by atoms with Crippen LogP contribution in [0.2, 0.25) is 0 Å². The summed E-state index contributed by atoms with van der Waals surface area (Å²) in [6.45, 7) is 12.3. The average Bonchev–Trinajstić information content (AvgIpc) is 2.66. The Morgan fingerprint density at radius 2 is 1.59 bits per heavy atom. The normalized spacial score (nSPS) is 11.0. The Kier molecular flexibility index (Phi) is 6.80. The predicted molar refractivity (Wildman–Crippen MR) is 113 cm³/mol. The lowest BCUT2D eigenvalue weighted by atomic mass is 9.85. The van der Waals surface area contributed by atoms with E-state index in [0.717, 1.165) is 35.5 Å². The summed E-state index contributed by atoms with van der Waals surface area (Å²) in [4.78, 5) is 0. The number of hydrogen-bond acceptors (Lipinski definition) is 2. The average molecular weight is 358 g/mol. The summed E-state index contributed by atoms with van der Waals surface area (Å²) in [5.74, 6) is 9.17. The molecule has 0 heterocycles. The van der Waals surface area contributed by atoms with Crippen LogP contribution in [0, 0.1) is 24.2 Å². The molecule has 3 heteroatoms. The van der Waals surface area contributed by atoms with Crippen LogP contribution in [0.15, 0.2) is 52.8 Å². The quantitative estimate of drug-likeness (QED) is 0.391. The highest BCUT2D eigenvalue weighted by atomic mass is 15.5. The van der Waals surface area contributed by atoms with Gasteiger partial charge in [-0.1, -0.05) is 49.8 Å². The molecule has 0 aliphatic carbocycles. The monoisotopic (exact) mass is 357 g/mol. The first kappa shape index (κ1) is 20.3. The van der Waals surface area contributed by atoms with Crippen LogP contribution >= 0.6 is 0 Å². The van der Waals surface area contributed by atoms with Crippen molar-refractivity contribution in [1.29, 1.82) is 0 Å². The molecule has 0 aliphatic heterocycles. The van der Waals surface area contributed by atoms with Crippen LogP contribution in [0.3, 0.4) is 0 Å². The maximum atomic E-state index is 5.61. The molecule has 0 unspecified atom stereocenters. The molecule has 0 saturated heterocycles. The minimum atomic E-state index is 0.0218. The van der Waals surface area contributed by atoms with Gasteiger partial charge in [-0.05, 0) is 61.2 Å². The molecule has 2 aromatic rings. The van der Waals surface area contributed by atoms with E-state index in [1.165, 1.54) is 5.56 Å². The number of nitrogens with zero attached hydrogens (tertiary/aromatic N) is 3. The Morgan fingerprint density at radius 3 is 2.22 bits per heavy atom. The Bertz CT molecular complexity index is 911. The third kappa shape index (κ3) is 6.01. The van der Waals surface area contributed by atoms with Gasteiger partial charge in [0.1, 0.15) is 0 Å². The van der Waals surface area contributed by atoms with Crippen LogP contribution < -0.4 is 0 Å². The Balaban J connectivity index is 2.31. The molecule has 0 saturated carbocycles. The summed E-state index contributed by atoms with van der Waals surface area (Å²) in [5.41, 5.74) is 4.67. The SMILES string of the molecule is C#Cc1cc(C#Cc2cccc(N=NN(CC)CC)c2)cc(C(C)(C)C)c1. The molecule has 0 spiro atoms. The van der Waals surface area contributed by atoms with Crippen molar-refractivity contribution in [2.24, 2.45) is 10.3 Å². The molecular weight excluding hydrogens is 330 g/mol. The van der Waals surface area contributed by atoms with Crippen molar-refractivity contribution in [2.45, 2.75) is 40.0 Å². The van der Waals surface area contributed by atoms with E-state index in [1.54, 1.807) is 0 Å². The molecule has 2 aromatic carbocycles. The number of benzene rings is 2. The number of rotatable bonds is 4. The molecule has 0 aliphatic rings. The molecule has 0 fully saturated rings. The van der Waals surface area contributed by atoms with Crippen molar-refractivity contribution in [3.63, 3.8) is 0 Å². The molecule has 138 valence electrons. The van der Waals surface area contributed by atoms with E-state index in [2.05, 4.69) is 74.9 Å². The Labute approximate surface area is 163 Å². The van der Waals surface area contributed by atoms with Gasteiger partial charge in [-0.2, -0.15) is 0 Å². The third-order valence-electron chi connectivity index (χ3n) is 4.18. The van der Waals surface area contributed by atoms with E-state index in [9.17, 15) is 0 Å². The van der Waals surface area contributed by atoms with Gasteiger partial charge in [-0.3, -0.25) is 5.01 Å². The molecule has 2 rings (SSSR count). The summed E-state index contributed by atoms with van der Waals surface area (Å²) in [6.07, 6.45) is 5.61. The number of hydrogen-bond donors (Lipinski definition) is 0. The fourth-order valence-electron chi connectivity index (χ4n) is 2.47. The molecule has 3 nitrogen and oxygen atoms in total. The van der Waals surface area contributed by atoms with E-state index >= 15 is 0 Å². The summed E-state index contributed by atoms with van der Waals surface area (Å²) < 4.78 is 0. The van der Waals surface area contributed by atoms with Gasteiger partial charge < -0.3 is 0 Å². The highest BCUT2D eigenvalue weighted by molar-refractivity contribution is 5.52. The standard InChI is InChI=1S/C24H27N3/c1-7-19-15-21(17-22(16-19)24(4,5)6)14-13-20-11-10-12-23(18-20)25-26-27(8-2)9-3/h1,10-12,15-18H,8-9H2,2-6H3. The molecule has 0 N–H and O–H groups in total. The molecule has 27 heavy (non-hydrogen) atoms. The van der Waals surface area contributed by atoms with Crippen molar-refractivity contribution in [1.82, 2.24) is 5.01 Å². The second kappa shape index (κ2) is 9.06. The van der Waals surface area contributed by atoms with Crippen molar-refractivity contribution in [3.05, 3.63) is 64.7 Å². The minimum absolute atomic E-state index is 0.0218. The van der Waals surface area contributed by atoms with Gasteiger partial charge >= 0.3 is 0 Å². The maximum Gasteiger partial charge on any atom is 0.0886 e. The van der Waals surface area contributed by atoms with E-state index in [1.807, 2.05) is 35.3 Å². The lowest BCUT2D eigenvalue weighted by Crippen LogP contribution is -2.14. The fourth-order valence-corrected chi connectivity index (χ4v) is 2.47. The second-order valence-electron chi connectivity index (χ2n) is 7.32. The lowest BCUT2D eigenvalue weighted by molar-refractivity contribution is 0.301. The molecular formula is C24H27N3. The first-order chi connectivity index (χ1) is 12.9. The highest BCUT2D eigenvalue weighted by Gasteiger charge is 2.14. The highest BCUT2D eigenvalue weighted by Crippen LogP contribution is 2.24. The molecule has 0 atom stereocenters. The lowest BCUT2D eigenvalue weighted by Gasteiger charge is -2.19. The van der Waals surface area contributed by atoms with Gasteiger partial charge in [-0.15, -0.1) is 11.5 Å². The van der Waals surface area contributed by atoms with E-state index < -0.39 is 0 Å². The Hall–Kier alpha value is -3.04. The van der Waals surface area contributed by atoms with Gasteiger partial charge in [0, 0.05) is 29.8 Å². The molecule has 0 aromatic heterocycles. The summed E-state index contributed by atoms with van der Waals surface area (Å²) in [5, 5.41) is 10.4. The van der Waals surface area contributed by atoms with E-state index in [0.29, 0.717) is 0 Å². The van der Waals surface area contributed by atoms with Gasteiger partial charge in [0.05, 0.1) is 5.69 Å². The molecule has 0 amide bonds. The first-order valence-corrected chi connectivity index (χ1v) is 9.26. The van der Waals surface area contributed by atoms with E-state index in [4.69, 9.17) is 6.42 Å².